The molecule has 0 aromatic heterocycles. The summed E-state index contributed by atoms with van der Waals surface area (Å²) in [5.41, 5.74) is 1.20. The average Bonchev–Trinajstić information content (AvgIpc) is 2.83. The van der Waals surface area contributed by atoms with Crippen molar-refractivity contribution in [2.45, 2.75) is 37.6 Å². The van der Waals surface area contributed by atoms with Crippen LogP contribution in [0.1, 0.15) is 36.9 Å². The highest BCUT2D eigenvalue weighted by Crippen LogP contribution is 2.29. The number of piperidine rings is 1. The topological polar surface area (TPSA) is 110 Å². The molecule has 1 aliphatic rings. The molecule has 0 spiro atoms. The Hall–Kier alpha value is -3.30. The van der Waals surface area contributed by atoms with Crippen LogP contribution in [0.5, 0.6) is 0 Å². The SMILES string of the molecule is Cc1ccc([N+](=O)[O-])cc1S(=O)(=O)N1CCC(C(=O)NC(C)c2ccc3ccccc3c2)CC1. The standard InChI is InChI=1S/C25H27N3O5S/c1-17-7-10-23(28(30)31)16-24(17)34(32,33)27-13-11-20(12-14-27)25(29)26-18(2)21-9-8-19-5-3-4-6-22(19)15-21/h3-10,15-16,18,20H,11-14H2,1-2H3,(H,26,29). The van der Waals surface area contributed by atoms with E-state index in [0.29, 0.717) is 18.4 Å². The minimum absolute atomic E-state index is 0.0606. The Kier molecular flexibility index (Phi) is 6.67. The maximum atomic E-state index is 13.1. The Labute approximate surface area is 198 Å². The molecule has 1 N–H and O–H groups in total. The van der Waals surface area contributed by atoms with E-state index < -0.39 is 14.9 Å². The number of hydrogen-bond donors (Lipinski definition) is 1. The molecule has 4 rings (SSSR count). The Balaban J connectivity index is 1.40. The van der Waals surface area contributed by atoms with Crippen LogP contribution in [-0.4, -0.2) is 36.6 Å². The summed E-state index contributed by atoms with van der Waals surface area (Å²) in [4.78, 5) is 23.3. The molecule has 3 aromatic carbocycles. The average molecular weight is 482 g/mol. The zero-order valence-corrected chi connectivity index (χ0v) is 19.9. The smallest absolute Gasteiger partial charge is 0.270 e. The van der Waals surface area contributed by atoms with Crippen molar-refractivity contribution >= 4 is 32.4 Å². The number of nitro groups is 1. The minimum Gasteiger partial charge on any atom is -0.349 e. The Morgan fingerprint density at radius 1 is 1.06 bits per heavy atom. The van der Waals surface area contributed by atoms with Gasteiger partial charge < -0.3 is 5.32 Å². The lowest BCUT2D eigenvalue weighted by atomic mass is 9.96. The fraction of sp³-hybridized carbons (Fsp3) is 0.320. The minimum atomic E-state index is -3.89. The highest BCUT2D eigenvalue weighted by atomic mass is 32.2. The van der Waals surface area contributed by atoms with Crippen molar-refractivity contribution < 1.29 is 18.1 Å². The van der Waals surface area contributed by atoms with Gasteiger partial charge in [0.15, 0.2) is 0 Å². The van der Waals surface area contributed by atoms with Crippen LogP contribution in [0.2, 0.25) is 0 Å². The molecule has 3 aromatic rings. The van der Waals surface area contributed by atoms with Gasteiger partial charge in [-0.15, -0.1) is 0 Å². The number of carbonyl (C=O) groups excluding carboxylic acids is 1. The van der Waals surface area contributed by atoms with Crippen LogP contribution < -0.4 is 5.32 Å². The number of rotatable bonds is 6. The lowest BCUT2D eigenvalue weighted by Crippen LogP contribution is -2.43. The van der Waals surface area contributed by atoms with Gasteiger partial charge in [0.2, 0.25) is 15.9 Å². The van der Waals surface area contributed by atoms with Gasteiger partial charge in [-0.3, -0.25) is 14.9 Å². The van der Waals surface area contributed by atoms with Gasteiger partial charge in [0.05, 0.1) is 15.9 Å². The van der Waals surface area contributed by atoms with Crippen molar-refractivity contribution in [1.82, 2.24) is 9.62 Å². The molecule has 8 nitrogen and oxygen atoms in total. The third-order valence-electron chi connectivity index (χ3n) is 6.46. The van der Waals surface area contributed by atoms with E-state index in [-0.39, 0.29) is 41.5 Å². The zero-order chi connectivity index (χ0) is 24.5. The largest absolute Gasteiger partial charge is 0.349 e. The molecule has 0 radical (unpaired) electrons. The Morgan fingerprint density at radius 3 is 2.41 bits per heavy atom. The monoisotopic (exact) mass is 481 g/mol. The Morgan fingerprint density at radius 2 is 1.74 bits per heavy atom. The van der Waals surface area contributed by atoms with Crippen LogP contribution in [0.25, 0.3) is 10.8 Å². The number of hydrogen-bond acceptors (Lipinski definition) is 5. The van der Waals surface area contributed by atoms with Gasteiger partial charge in [-0.1, -0.05) is 42.5 Å². The van der Waals surface area contributed by atoms with E-state index in [1.54, 1.807) is 6.92 Å². The van der Waals surface area contributed by atoms with Crippen molar-refractivity contribution in [2.24, 2.45) is 5.92 Å². The molecule has 1 heterocycles. The molecule has 1 amide bonds. The first-order chi connectivity index (χ1) is 16.2. The van der Waals surface area contributed by atoms with Crippen molar-refractivity contribution in [1.29, 1.82) is 0 Å². The third-order valence-corrected chi connectivity index (χ3v) is 8.50. The predicted octanol–water partition coefficient (Wildman–Crippen LogP) is 4.33. The van der Waals surface area contributed by atoms with Gasteiger partial charge in [-0.05, 0) is 54.7 Å². The lowest BCUT2D eigenvalue weighted by Gasteiger charge is -2.31. The van der Waals surface area contributed by atoms with Crippen molar-refractivity contribution in [3.05, 3.63) is 81.9 Å². The predicted molar refractivity (Wildman–Crippen MR) is 130 cm³/mol. The van der Waals surface area contributed by atoms with Crippen LogP contribution in [0.4, 0.5) is 5.69 Å². The maximum Gasteiger partial charge on any atom is 0.270 e. The highest BCUT2D eigenvalue weighted by molar-refractivity contribution is 7.89. The van der Waals surface area contributed by atoms with E-state index in [4.69, 9.17) is 0 Å². The van der Waals surface area contributed by atoms with Gasteiger partial charge in [0.1, 0.15) is 0 Å². The molecule has 0 saturated carbocycles. The van der Waals surface area contributed by atoms with E-state index in [1.807, 2.05) is 43.3 Å². The zero-order valence-electron chi connectivity index (χ0n) is 19.1. The number of fused-ring (bicyclic) bond motifs is 1. The van der Waals surface area contributed by atoms with E-state index in [2.05, 4.69) is 11.4 Å². The summed E-state index contributed by atoms with van der Waals surface area (Å²) >= 11 is 0. The Bertz CT molecular complexity index is 1350. The summed E-state index contributed by atoms with van der Waals surface area (Å²) in [6.45, 7) is 3.93. The number of nitro benzene ring substituents is 1. The molecule has 34 heavy (non-hydrogen) atoms. The fourth-order valence-corrected chi connectivity index (χ4v) is 6.08. The summed E-state index contributed by atoms with van der Waals surface area (Å²) in [6.07, 6.45) is 0.785. The molecule has 1 fully saturated rings. The van der Waals surface area contributed by atoms with Gasteiger partial charge in [-0.25, -0.2) is 8.42 Å². The lowest BCUT2D eigenvalue weighted by molar-refractivity contribution is -0.385. The second-order valence-electron chi connectivity index (χ2n) is 8.72. The first-order valence-electron chi connectivity index (χ1n) is 11.2. The number of sulfonamides is 1. The van der Waals surface area contributed by atoms with Crippen LogP contribution >= 0.6 is 0 Å². The van der Waals surface area contributed by atoms with E-state index in [1.165, 1.54) is 16.4 Å². The molecule has 178 valence electrons. The second-order valence-corrected chi connectivity index (χ2v) is 10.6. The second kappa shape index (κ2) is 9.52. The highest BCUT2D eigenvalue weighted by Gasteiger charge is 2.34. The normalized spacial score (nSPS) is 16.3. The van der Waals surface area contributed by atoms with Gasteiger partial charge in [-0.2, -0.15) is 4.31 Å². The van der Waals surface area contributed by atoms with Gasteiger partial charge >= 0.3 is 0 Å². The van der Waals surface area contributed by atoms with Crippen LogP contribution in [0, 0.1) is 23.0 Å². The van der Waals surface area contributed by atoms with Crippen molar-refractivity contribution in [3.8, 4) is 0 Å². The first kappa shape index (κ1) is 23.8. The summed E-state index contributed by atoms with van der Waals surface area (Å²) < 4.78 is 27.6. The number of benzene rings is 3. The van der Waals surface area contributed by atoms with E-state index >= 15 is 0 Å². The number of aryl methyl sites for hydroxylation is 1. The van der Waals surface area contributed by atoms with Crippen LogP contribution in [0.15, 0.2) is 65.6 Å². The van der Waals surface area contributed by atoms with Crippen molar-refractivity contribution in [2.75, 3.05) is 13.1 Å². The maximum absolute atomic E-state index is 13.1. The van der Waals surface area contributed by atoms with Crippen LogP contribution in [0.3, 0.4) is 0 Å². The first-order valence-corrected chi connectivity index (χ1v) is 12.6. The summed E-state index contributed by atoms with van der Waals surface area (Å²) in [5, 5.41) is 16.4. The molecule has 1 atom stereocenters. The summed E-state index contributed by atoms with van der Waals surface area (Å²) in [5.74, 6) is -0.384. The molecule has 1 unspecified atom stereocenters. The number of nitrogens with zero attached hydrogens (tertiary/aromatic N) is 2. The third kappa shape index (κ3) is 4.80. The van der Waals surface area contributed by atoms with E-state index in [9.17, 15) is 23.3 Å². The fourth-order valence-electron chi connectivity index (χ4n) is 4.37. The number of carbonyl (C=O) groups is 1. The van der Waals surface area contributed by atoms with Gasteiger partial charge in [0, 0.05) is 31.1 Å². The molecule has 0 bridgehead atoms. The molecule has 0 aliphatic carbocycles. The molecule has 1 saturated heterocycles. The summed E-state index contributed by atoms with van der Waals surface area (Å²) in [6, 6.07) is 17.8. The number of non-ortho nitro benzene ring substituents is 1. The molecular formula is C25H27N3O5S. The van der Waals surface area contributed by atoms with Crippen molar-refractivity contribution in [3.63, 3.8) is 0 Å². The summed E-state index contributed by atoms with van der Waals surface area (Å²) in [7, 11) is -3.89. The molecule has 9 heteroatoms. The number of nitrogens with one attached hydrogen (secondary N) is 1. The quantitative estimate of drug-likeness (QED) is 0.416. The van der Waals surface area contributed by atoms with Crippen LogP contribution in [-0.2, 0) is 14.8 Å². The molecule has 1 aliphatic heterocycles. The van der Waals surface area contributed by atoms with E-state index in [0.717, 1.165) is 22.4 Å². The number of amides is 1. The van der Waals surface area contributed by atoms with Gasteiger partial charge in [0.25, 0.3) is 5.69 Å². The molecular weight excluding hydrogens is 454 g/mol.